The molecule has 4 heteroatoms. The average molecular weight is 264 g/mol. The maximum atomic E-state index is 14.8. The van der Waals surface area contributed by atoms with E-state index in [1.54, 1.807) is 29.3 Å². The lowest BCUT2D eigenvalue weighted by molar-refractivity contribution is -0.142. The Hall–Kier alpha value is -1.45. The molecule has 19 heavy (non-hydrogen) atoms. The molecule has 0 unspecified atom stereocenters. The number of carbonyl (C=O) groups is 1. The van der Waals surface area contributed by atoms with Crippen LogP contribution in [0.4, 0.5) is 4.39 Å². The molecule has 1 aromatic rings. The van der Waals surface area contributed by atoms with Gasteiger partial charge in [0.2, 0.25) is 5.91 Å². The predicted octanol–water partition coefficient (Wildman–Crippen LogP) is 2.91. The van der Waals surface area contributed by atoms with Crippen LogP contribution < -0.4 is 0 Å². The molecule has 1 aromatic heterocycles. The van der Waals surface area contributed by atoms with Crippen molar-refractivity contribution in [1.82, 2.24) is 9.88 Å². The minimum absolute atomic E-state index is 0.0931. The van der Waals surface area contributed by atoms with Crippen LogP contribution >= 0.6 is 0 Å². The Kier molecular flexibility index (Phi) is 3.61. The zero-order chi connectivity index (χ0) is 14.1. The van der Waals surface area contributed by atoms with E-state index in [0.29, 0.717) is 31.6 Å². The third kappa shape index (κ3) is 2.94. The van der Waals surface area contributed by atoms with Gasteiger partial charge < -0.3 is 4.90 Å². The highest BCUT2D eigenvalue weighted by Gasteiger charge is 2.40. The molecule has 0 bridgehead atoms. The van der Waals surface area contributed by atoms with E-state index in [1.165, 1.54) is 0 Å². The lowest BCUT2D eigenvalue weighted by Gasteiger charge is -2.38. The van der Waals surface area contributed by atoms with Crippen molar-refractivity contribution in [3.8, 4) is 0 Å². The average Bonchev–Trinajstić information content (AvgIpc) is 2.39. The Labute approximate surface area is 113 Å². The van der Waals surface area contributed by atoms with Crippen molar-refractivity contribution >= 4 is 5.91 Å². The van der Waals surface area contributed by atoms with E-state index in [4.69, 9.17) is 0 Å². The number of carbonyl (C=O) groups excluding carboxylic acids is 1. The molecule has 0 aromatic carbocycles. The summed E-state index contributed by atoms with van der Waals surface area (Å²) < 4.78 is 14.8. The lowest BCUT2D eigenvalue weighted by atomic mass is 9.87. The molecule has 2 heterocycles. The fourth-order valence-corrected chi connectivity index (χ4v) is 2.42. The molecule has 1 saturated heterocycles. The topological polar surface area (TPSA) is 33.2 Å². The highest BCUT2D eigenvalue weighted by molar-refractivity contribution is 5.81. The molecule has 0 atom stereocenters. The summed E-state index contributed by atoms with van der Waals surface area (Å²) in [6.07, 6.45) is 2.26. The standard InChI is InChI=1S/C15H21FN2O/c1-14(2,3)13(19)18-10-7-15(16,8-11-18)12-6-4-5-9-17-12/h4-6,9H,7-8,10-11H2,1-3H3. The van der Waals surface area contributed by atoms with Crippen LogP contribution in [0.25, 0.3) is 0 Å². The number of aromatic nitrogens is 1. The summed E-state index contributed by atoms with van der Waals surface area (Å²) in [4.78, 5) is 18.0. The van der Waals surface area contributed by atoms with Crippen molar-refractivity contribution in [2.75, 3.05) is 13.1 Å². The first-order chi connectivity index (χ1) is 8.83. The number of alkyl halides is 1. The minimum atomic E-state index is -1.39. The van der Waals surface area contributed by atoms with E-state index in [9.17, 15) is 9.18 Å². The summed E-state index contributed by atoms with van der Waals surface area (Å²) in [6.45, 7) is 6.61. The van der Waals surface area contributed by atoms with Crippen LogP contribution in [-0.2, 0) is 10.5 Å². The number of amides is 1. The van der Waals surface area contributed by atoms with E-state index in [2.05, 4.69) is 4.98 Å². The largest absolute Gasteiger partial charge is 0.342 e. The second-order valence-corrected chi connectivity index (χ2v) is 6.22. The van der Waals surface area contributed by atoms with E-state index >= 15 is 0 Å². The fraction of sp³-hybridized carbons (Fsp3) is 0.600. The van der Waals surface area contributed by atoms with Crippen molar-refractivity contribution in [1.29, 1.82) is 0 Å². The quantitative estimate of drug-likeness (QED) is 0.781. The van der Waals surface area contributed by atoms with E-state index in [-0.39, 0.29) is 5.91 Å². The van der Waals surface area contributed by atoms with Gasteiger partial charge in [0.1, 0.15) is 0 Å². The summed E-state index contributed by atoms with van der Waals surface area (Å²) >= 11 is 0. The molecule has 0 saturated carbocycles. The van der Waals surface area contributed by atoms with Gasteiger partial charge in [-0.3, -0.25) is 9.78 Å². The number of nitrogens with zero attached hydrogens (tertiary/aromatic N) is 2. The number of piperidine rings is 1. The van der Waals surface area contributed by atoms with E-state index in [1.807, 2.05) is 20.8 Å². The molecule has 0 aliphatic carbocycles. The summed E-state index contributed by atoms with van der Waals surface area (Å²) in [5.41, 5.74) is -1.31. The smallest absolute Gasteiger partial charge is 0.227 e. The van der Waals surface area contributed by atoms with Gasteiger partial charge in [-0.05, 0) is 12.1 Å². The second kappa shape index (κ2) is 4.91. The SMILES string of the molecule is CC(C)(C)C(=O)N1CCC(F)(c2ccccn2)CC1. The molecule has 3 nitrogen and oxygen atoms in total. The molecule has 0 N–H and O–H groups in total. The summed E-state index contributed by atoms with van der Waals surface area (Å²) in [5.74, 6) is 0.0931. The van der Waals surface area contributed by atoms with Crippen molar-refractivity contribution in [3.05, 3.63) is 30.1 Å². The van der Waals surface area contributed by atoms with Gasteiger partial charge in [-0.2, -0.15) is 0 Å². The van der Waals surface area contributed by atoms with Crippen molar-refractivity contribution < 1.29 is 9.18 Å². The first-order valence-corrected chi connectivity index (χ1v) is 6.73. The Morgan fingerprint density at radius 3 is 2.42 bits per heavy atom. The van der Waals surface area contributed by atoms with Crippen LogP contribution in [0.5, 0.6) is 0 Å². The predicted molar refractivity (Wildman–Crippen MR) is 72.3 cm³/mol. The van der Waals surface area contributed by atoms with Crippen molar-refractivity contribution in [2.24, 2.45) is 5.41 Å². The van der Waals surface area contributed by atoms with Gasteiger partial charge in [0.05, 0.1) is 5.69 Å². The number of halogens is 1. The van der Waals surface area contributed by atoms with Gasteiger partial charge in [-0.1, -0.05) is 26.8 Å². The summed E-state index contributed by atoms with van der Waals surface area (Å²) in [5, 5.41) is 0. The molecular weight excluding hydrogens is 243 g/mol. The third-order valence-electron chi connectivity index (χ3n) is 3.61. The maximum absolute atomic E-state index is 14.8. The Morgan fingerprint density at radius 1 is 1.32 bits per heavy atom. The first kappa shape index (κ1) is 14.0. The molecule has 0 spiro atoms. The highest BCUT2D eigenvalue weighted by atomic mass is 19.1. The van der Waals surface area contributed by atoms with Crippen LogP contribution in [0.15, 0.2) is 24.4 Å². The number of rotatable bonds is 1. The van der Waals surface area contributed by atoms with Gasteiger partial charge in [-0.15, -0.1) is 0 Å². The Balaban J connectivity index is 2.05. The van der Waals surface area contributed by atoms with E-state index in [0.717, 1.165) is 0 Å². The van der Waals surface area contributed by atoms with E-state index < -0.39 is 11.1 Å². The number of likely N-dealkylation sites (tertiary alicyclic amines) is 1. The number of pyridine rings is 1. The Bertz CT molecular complexity index is 445. The van der Waals surface area contributed by atoms with Gasteiger partial charge in [0.25, 0.3) is 0 Å². The van der Waals surface area contributed by atoms with Crippen LogP contribution in [0.2, 0.25) is 0 Å². The molecule has 1 aliphatic heterocycles. The summed E-state index contributed by atoms with van der Waals surface area (Å²) in [6, 6.07) is 5.31. The third-order valence-corrected chi connectivity index (χ3v) is 3.61. The number of hydrogen-bond acceptors (Lipinski definition) is 2. The van der Waals surface area contributed by atoms with Crippen LogP contribution in [-0.4, -0.2) is 28.9 Å². The molecular formula is C15H21FN2O. The molecule has 104 valence electrons. The number of hydrogen-bond donors (Lipinski definition) is 0. The molecule has 2 rings (SSSR count). The molecule has 1 fully saturated rings. The van der Waals surface area contributed by atoms with Gasteiger partial charge in [-0.25, -0.2) is 4.39 Å². The maximum Gasteiger partial charge on any atom is 0.227 e. The lowest BCUT2D eigenvalue weighted by Crippen LogP contribution is -2.47. The van der Waals surface area contributed by atoms with Crippen molar-refractivity contribution in [3.63, 3.8) is 0 Å². The van der Waals surface area contributed by atoms with Gasteiger partial charge in [0, 0.05) is 37.5 Å². The highest BCUT2D eigenvalue weighted by Crippen LogP contribution is 2.36. The monoisotopic (exact) mass is 264 g/mol. The van der Waals surface area contributed by atoms with Gasteiger partial charge in [0.15, 0.2) is 5.67 Å². The van der Waals surface area contributed by atoms with Gasteiger partial charge >= 0.3 is 0 Å². The first-order valence-electron chi connectivity index (χ1n) is 6.73. The Morgan fingerprint density at radius 2 is 1.95 bits per heavy atom. The fourth-order valence-electron chi connectivity index (χ4n) is 2.42. The van der Waals surface area contributed by atoms with Crippen molar-refractivity contribution in [2.45, 2.75) is 39.3 Å². The van der Waals surface area contributed by atoms with Crippen LogP contribution in [0.1, 0.15) is 39.3 Å². The molecule has 1 aliphatic rings. The van der Waals surface area contributed by atoms with Crippen LogP contribution in [0, 0.1) is 5.41 Å². The summed E-state index contributed by atoms with van der Waals surface area (Å²) in [7, 11) is 0. The van der Waals surface area contributed by atoms with Crippen LogP contribution in [0.3, 0.4) is 0 Å². The zero-order valence-corrected chi connectivity index (χ0v) is 11.8. The molecule has 0 radical (unpaired) electrons. The second-order valence-electron chi connectivity index (χ2n) is 6.22. The normalized spacial score (nSPS) is 19.3. The molecule has 1 amide bonds. The zero-order valence-electron chi connectivity index (χ0n) is 11.8. The minimum Gasteiger partial charge on any atom is -0.342 e.